The number of nitrogens with zero attached hydrogens (tertiary/aromatic N) is 1. The molecule has 41 heavy (non-hydrogen) atoms. The number of unbranched alkanes of at least 4 members (excludes halogenated alkanes) is 16. The summed E-state index contributed by atoms with van der Waals surface area (Å²) >= 11 is 0. The van der Waals surface area contributed by atoms with E-state index in [0.717, 1.165) is 50.5 Å². The fourth-order valence-corrected chi connectivity index (χ4v) is 6.27. The maximum absolute atomic E-state index is 12.4. The fraction of sp³-hybridized carbons (Fsp3) is 0.944. The Bertz CT molecular complexity index is 623. The van der Waals surface area contributed by atoms with E-state index in [0.29, 0.717) is 12.8 Å². The van der Waals surface area contributed by atoms with E-state index >= 15 is 0 Å². The van der Waals surface area contributed by atoms with E-state index in [9.17, 15) is 9.59 Å². The minimum absolute atomic E-state index is 0.00492. The molecule has 0 radical (unpaired) electrons. The molecule has 1 saturated carbocycles. The largest absolute Gasteiger partial charge is 0.481 e. The zero-order valence-electron chi connectivity index (χ0n) is 27.7. The molecule has 3 atom stereocenters. The number of carboxylic acid groups (broad SMARTS) is 1. The molecule has 0 bridgehead atoms. The first kappa shape index (κ1) is 37.9. The summed E-state index contributed by atoms with van der Waals surface area (Å²) in [5, 5.41) is 8.69. The van der Waals surface area contributed by atoms with Crippen molar-refractivity contribution < 1.29 is 19.4 Å². The molecule has 1 aliphatic carbocycles. The molecular weight excluding hydrogens is 510 g/mol. The van der Waals surface area contributed by atoms with Crippen LogP contribution in [0.5, 0.6) is 0 Å². The molecule has 0 aromatic rings. The number of carbonyl (C=O) groups excluding carboxylic acids is 1. The maximum Gasteiger partial charge on any atom is 0.306 e. The van der Waals surface area contributed by atoms with Crippen LogP contribution in [0.25, 0.3) is 0 Å². The topological polar surface area (TPSA) is 66.8 Å². The Morgan fingerprint density at radius 1 is 0.659 bits per heavy atom. The SMILES string of the molecule is CCCCCCCCC(CCCCCCCCCCC1CC1CCCCCCCC(=O)O)OC(=O)CCCN(C)C. The van der Waals surface area contributed by atoms with E-state index in [4.69, 9.17) is 9.84 Å². The standard InChI is InChI=1S/C36H69NO4/c1-4-5-6-7-15-20-26-34(41-36(40)29-23-30-37(2)3)27-21-16-11-9-8-10-13-18-24-32-31-33(32)25-19-14-12-17-22-28-35(38)39/h32-34H,4-31H2,1-3H3,(H,38,39). The zero-order chi connectivity index (χ0) is 30.0. The molecule has 0 aromatic carbocycles. The van der Waals surface area contributed by atoms with Gasteiger partial charge < -0.3 is 14.7 Å². The number of ether oxygens (including phenoxy) is 1. The first-order valence-corrected chi connectivity index (χ1v) is 18.0. The van der Waals surface area contributed by atoms with E-state index in [1.54, 1.807) is 0 Å². The Hall–Kier alpha value is -1.10. The lowest BCUT2D eigenvalue weighted by molar-refractivity contribution is -0.150. The second kappa shape index (κ2) is 26.5. The molecule has 0 spiro atoms. The zero-order valence-corrected chi connectivity index (χ0v) is 27.7. The van der Waals surface area contributed by atoms with E-state index in [2.05, 4.69) is 25.9 Å². The summed E-state index contributed by atoms with van der Waals surface area (Å²) in [6, 6.07) is 0. The Morgan fingerprint density at radius 2 is 1.12 bits per heavy atom. The average Bonchev–Trinajstić information content (AvgIpc) is 3.68. The van der Waals surface area contributed by atoms with Gasteiger partial charge in [-0.05, 0) is 77.4 Å². The van der Waals surface area contributed by atoms with Crippen LogP contribution in [-0.2, 0) is 14.3 Å². The number of carbonyl (C=O) groups is 2. The molecule has 0 aliphatic heterocycles. The second-order valence-electron chi connectivity index (χ2n) is 13.4. The maximum atomic E-state index is 12.4. The Balaban J connectivity index is 2.00. The van der Waals surface area contributed by atoms with Crippen LogP contribution in [0.4, 0.5) is 0 Å². The summed E-state index contributed by atoms with van der Waals surface area (Å²) in [6.45, 7) is 3.20. The van der Waals surface area contributed by atoms with Gasteiger partial charge in [-0.25, -0.2) is 0 Å². The van der Waals surface area contributed by atoms with E-state index in [-0.39, 0.29) is 12.1 Å². The van der Waals surface area contributed by atoms with Gasteiger partial charge in [-0.2, -0.15) is 0 Å². The van der Waals surface area contributed by atoms with Crippen molar-refractivity contribution in [3.8, 4) is 0 Å². The van der Waals surface area contributed by atoms with Gasteiger partial charge in [-0.3, -0.25) is 9.59 Å². The van der Waals surface area contributed by atoms with Crippen LogP contribution in [0.1, 0.15) is 180 Å². The van der Waals surface area contributed by atoms with Gasteiger partial charge in [0.05, 0.1) is 0 Å². The lowest BCUT2D eigenvalue weighted by Crippen LogP contribution is -2.20. The van der Waals surface area contributed by atoms with Gasteiger partial charge in [0.2, 0.25) is 0 Å². The van der Waals surface area contributed by atoms with Gasteiger partial charge in [0.1, 0.15) is 6.10 Å². The Morgan fingerprint density at radius 3 is 1.61 bits per heavy atom. The van der Waals surface area contributed by atoms with E-state index in [1.165, 1.54) is 128 Å². The predicted octanol–water partition coefficient (Wildman–Crippen LogP) is 10.3. The van der Waals surface area contributed by atoms with Gasteiger partial charge in [-0.15, -0.1) is 0 Å². The molecule has 1 fully saturated rings. The van der Waals surface area contributed by atoms with Gasteiger partial charge in [0.25, 0.3) is 0 Å². The Labute approximate surface area is 254 Å². The first-order chi connectivity index (χ1) is 19.9. The number of hydrogen-bond donors (Lipinski definition) is 1. The quantitative estimate of drug-likeness (QED) is 0.0653. The molecule has 242 valence electrons. The monoisotopic (exact) mass is 580 g/mol. The van der Waals surface area contributed by atoms with Gasteiger partial charge >= 0.3 is 11.9 Å². The molecule has 0 amide bonds. The Kier molecular flexibility index (Phi) is 24.5. The second-order valence-corrected chi connectivity index (χ2v) is 13.4. The molecule has 0 aromatic heterocycles. The summed E-state index contributed by atoms with van der Waals surface area (Å²) in [4.78, 5) is 25.1. The third kappa shape index (κ3) is 25.1. The van der Waals surface area contributed by atoms with Crippen molar-refractivity contribution >= 4 is 11.9 Å². The van der Waals surface area contributed by atoms with Crippen molar-refractivity contribution in [1.29, 1.82) is 0 Å². The first-order valence-electron chi connectivity index (χ1n) is 18.0. The summed E-state index contributed by atoms with van der Waals surface area (Å²) in [7, 11) is 4.11. The number of esters is 1. The predicted molar refractivity (Wildman–Crippen MR) is 173 cm³/mol. The molecule has 3 unspecified atom stereocenters. The molecule has 1 N–H and O–H groups in total. The number of aliphatic carboxylic acids is 1. The van der Waals surface area contributed by atoms with Crippen molar-refractivity contribution in [2.75, 3.05) is 20.6 Å². The number of rotatable bonds is 31. The van der Waals surface area contributed by atoms with Crippen molar-refractivity contribution in [2.45, 2.75) is 186 Å². The van der Waals surface area contributed by atoms with Crippen molar-refractivity contribution in [2.24, 2.45) is 11.8 Å². The lowest BCUT2D eigenvalue weighted by Gasteiger charge is -2.18. The van der Waals surface area contributed by atoms with Crippen LogP contribution in [0, 0.1) is 11.8 Å². The van der Waals surface area contributed by atoms with Gasteiger partial charge in [0, 0.05) is 12.8 Å². The smallest absolute Gasteiger partial charge is 0.306 e. The van der Waals surface area contributed by atoms with Crippen molar-refractivity contribution in [3.05, 3.63) is 0 Å². The van der Waals surface area contributed by atoms with Crippen LogP contribution >= 0.6 is 0 Å². The molecule has 1 aliphatic rings. The summed E-state index contributed by atoms with van der Waals surface area (Å²) in [5.41, 5.74) is 0. The fourth-order valence-electron chi connectivity index (χ4n) is 6.27. The van der Waals surface area contributed by atoms with Crippen LogP contribution in [-0.4, -0.2) is 48.7 Å². The van der Waals surface area contributed by atoms with Gasteiger partial charge in [0.15, 0.2) is 0 Å². The van der Waals surface area contributed by atoms with Crippen LogP contribution in [0.2, 0.25) is 0 Å². The minimum atomic E-state index is -0.657. The van der Waals surface area contributed by atoms with E-state index in [1.807, 2.05) is 0 Å². The third-order valence-corrected chi connectivity index (χ3v) is 9.05. The summed E-state index contributed by atoms with van der Waals surface area (Å²) in [5.74, 6) is 1.35. The average molecular weight is 580 g/mol. The molecule has 1 rings (SSSR count). The molecule has 0 saturated heterocycles. The van der Waals surface area contributed by atoms with Crippen molar-refractivity contribution in [3.63, 3.8) is 0 Å². The highest BCUT2D eigenvalue weighted by Crippen LogP contribution is 2.45. The third-order valence-electron chi connectivity index (χ3n) is 9.05. The number of carboxylic acids is 1. The van der Waals surface area contributed by atoms with Crippen LogP contribution < -0.4 is 0 Å². The van der Waals surface area contributed by atoms with E-state index < -0.39 is 5.97 Å². The van der Waals surface area contributed by atoms with Crippen LogP contribution in [0.3, 0.4) is 0 Å². The lowest BCUT2D eigenvalue weighted by atomic mass is 10.0. The molecule has 5 nitrogen and oxygen atoms in total. The van der Waals surface area contributed by atoms with Gasteiger partial charge in [-0.1, -0.05) is 122 Å². The molecule has 0 heterocycles. The minimum Gasteiger partial charge on any atom is -0.481 e. The molecular formula is C36H69NO4. The summed E-state index contributed by atoms with van der Waals surface area (Å²) < 4.78 is 5.94. The van der Waals surface area contributed by atoms with Crippen molar-refractivity contribution in [1.82, 2.24) is 4.90 Å². The number of hydrogen-bond acceptors (Lipinski definition) is 4. The molecule has 5 heteroatoms. The summed E-state index contributed by atoms with van der Waals surface area (Å²) in [6.07, 6.45) is 32.5. The normalized spacial score (nSPS) is 17.2. The van der Waals surface area contributed by atoms with Crippen LogP contribution in [0.15, 0.2) is 0 Å². The highest BCUT2D eigenvalue weighted by atomic mass is 16.5. The highest BCUT2D eigenvalue weighted by Gasteiger charge is 2.35. The highest BCUT2D eigenvalue weighted by molar-refractivity contribution is 5.69.